The molecule has 0 radical (unpaired) electrons. The summed E-state index contributed by atoms with van der Waals surface area (Å²) in [5.41, 5.74) is 2.15. The minimum absolute atomic E-state index is 0.226. The van der Waals surface area contributed by atoms with Gasteiger partial charge >= 0.3 is 7.54 Å². The first kappa shape index (κ1) is 19.3. The van der Waals surface area contributed by atoms with E-state index in [4.69, 9.17) is 0 Å². The number of hydrogen-bond donors (Lipinski definition) is 0. The molecule has 2 nitrogen and oxygen atoms in total. The molecule has 0 N–H and O–H groups in total. The monoisotopic (exact) mass is 342 g/mol. The molecular weight excluding hydrogens is 324 g/mol. The van der Waals surface area contributed by atoms with E-state index in [1.807, 2.05) is 60.7 Å². The molecule has 0 amide bonds. The standard InChI is InChI=1S/C16H18O2S.BF3/c17-19(18,13-11-15-7-3-1-4-8-15)14-12-16-9-5-2-6-10-16;2-1(3)4/h1-10H,11-14H2;. The van der Waals surface area contributed by atoms with Crippen LogP contribution in [-0.4, -0.2) is 27.5 Å². The highest BCUT2D eigenvalue weighted by Gasteiger charge is 2.11. The summed E-state index contributed by atoms with van der Waals surface area (Å²) in [5, 5.41) is 0. The Balaban J connectivity index is 0.000000593. The Labute approximate surface area is 135 Å². The Bertz CT molecular complexity index is 597. The van der Waals surface area contributed by atoms with E-state index in [-0.39, 0.29) is 11.5 Å². The molecule has 0 unspecified atom stereocenters. The van der Waals surface area contributed by atoms with Crippen LogP contribution in [0.3, 0.4) is 0 Å². The topological polar surface area (TPSA) is 34.1 Å². The summed E-state index contributed by atoms with van der Waals surface area (Å²) in [6, 6.07) is 19.5. The van der Waals surface area contributed by atoms with Crippen molar-refractivity contribution in [3.8, 4) is 0 Å². The number of aryl methyl sites for hydroxylation is 2. The Morgan fingerprint density at radius 2 is 1.00 bits per heavy atom. The summed E-state index contributed by atoms with van der Waals surface area (Å²) in [6.45, 7) is 0. The highest BCUT2D eigenvalue weighted by molar-refractivity contribution is 7.91. The van der Waals surface area contributed by atoms with E-state index in [2.05, 4.69) is 0 Å². The van der Waals surface area contributed by atoms with Crippen molar-refractivity contribution in [2.24, 2.45) is 0 Å². The van der Waals surface area contributed by atoms with Crippen molar-refractivity contribution in [3.05, 3.63) is 71.8 Å². The normalized spacial score (nSPS) is 10.6. The molecule has 124 valence electrons. The molecule has 0 fully saturated rings. The van der Waals surface area contributed by atoms with Crippen molar-refractivity contribution < 1.29 is 21.4 Å². The predicted octanol–water partition coefficient (Wildman–Crippen LogP) is 3.77. The van der Waals surface area contributed by atoms with E-state index in [9.17, 15) is 21.4 Å². The molecule has 7 heteroatoms. The summed E-state index contributed by atoms with van der Waals surface area (Å²) in [6.07, 6.45) is 1.19. The van der Waals surface area contributed by atoms with Crippen LogP contribution in [0.2, 0.25) is 0 Å². The number of sulfone groups is 1. The van der Waals surface area contributed by atoms with Crippen LogP contribution < -0.4 is 0 Å². The van der Waals surface area contributed by atoms with E-state index in [0.717, 1.165) is 11.1 Å². The van der Waals surface area contributed by atoms with Gasteiger partial charge in [-0.25, -0.2) is 8.42 Å². The molecule has 0 bridgehead atoms. The van der Waals surface area contributed by atoms with E-state index < -0.39 is 17.4 Å². The molecule has 0 saturated carbocycles. The first-order chi connectivity index (χ1) is 10.9. The maximum atomic E-state index is 12.0. The van der Waals surface area contributed by atoms with Crippen molar-refractivity contribution in [3.63, 3.8) is 0 Å². The fourth-order valence-electron chi connectivity index (χ4n) is 1.94. The lowest BCUT2D eigenvalue weighted by Crippen LogP contribution is -2.14. The molecule has 2 rings (SSSR count). The van der Waals surface area contributed by atoms with Gasteiger partial charge in [-0.2, -0.15) is 0 Å². The van der Waals surface area contributed by atoms with Crippen molar-refractivity contribution in [2.75, 3.05) is 11.5 Å². The smallest absolute Gasteiger partial charge is 0.254 e. The average molecular weight is 342 g/mol. The highest BCUT2D eigenvalue weighted by Crippen LogP contribution is 2.06. The molecule has 23 heavy (non-hydrogen) atoms. The Morgan fingerprint density at radius 1 is 0.696 bits per heavy atom. The largest absolute Gasteiger partial charge is 0.762 e. The van der Waals surface area contributed by atoms with E-state index in [1.165, 1.54) is 0 Å². The molecule has 2 aromatic rings. The molecule has 0 saturated heterocycles. The highest BCUT2D eigenvalue weighted by atomic mass is 32.2. The number of benzene rings is 2. The van der Waals surface area contributed by atoms with Crippen LogP contribution in [0.15, 0.2) is 60.7 Å². The zero-order valence-electron chi connectivity index (χ0n) is 12.5. The SMILES string of the molecule is FB(F)F.O=S(=O)(CCc1ccccc1)CCc1ccccc1. The third-order valence-corrected chi connectivity index (χ3v) is 4.74. The minimum atomic E-state index is -3.67. The predicted molar refractivity (Wildman–Crippen MR) is 88.0 cm³/mol. The van der Waals surface area contributed by atoms with Crippen LogP contribution in [-0.2, 0) is 22.7 Å². The van der Waals surface area contributed by atoms with Gasteiger partial charge in [0.2, 0.25) is 0 Å². The fraction of sp³-hybridized carbons (Fsp3) is 0.250. The van der Waals surface area contributed by atoms with Gasteiger partial charge in [0.15, 0.2) is 9.84 Å². The Hall–Kier alpha value is -1.76. The third-order valence-electron chi connectivity index (χ3n) is 3.09. The number of halogens is 3. The summed E-state index contributed by atoms with van der Waals surface area (Å²) in [5.74, 6) is 0.452. The summed E-state index contributed by atoms with van der Waals surface area (Å²) < 4.78 is 53.0. The molecule has 0 aromatic heterocycles. The number of hydrogen-bond acceptors (Lipinski definition) is 2. The molecule has 0 heterocycles. The van der Waals surface area contributed by atoms with Crippen LogP contribution >= 0.6 is 0 Å². The summed E-state index contributed by atoms with van der Waals surface area (Å²) in [7, 11) is -6.64. The fourth-order valence-corrected chi connectivity index (χ4v) is 3.24. The van der Waals surface area contributed by atoms with Crippen LogP contribution in [0.5, 0.6) is 0 Å². The second-order valence-corrected chi connectivity index (χ2v) is 7.17. The van der Waals surface area contributed by atoms with Gasteiger partial charge in [-0.05, 0) is 24.0 Å². The van der Waals surface area contributed by atoms with Crippen LogP contribution in [0.25, 0.3) is 0 Å². The van der Waals surface area contributed by atoms with Crippen molar-refractivity contribution in [1.29, 1.82) is 0 Å². The van der Waals surface area contributed by atoms with Gasteiger partial charge in [-0.15, -0.1) is 0 Å². The second kappa shape index (κ2) is 10.1. The lowest BCUT2D eigenvalue weighted by Gasteiger charge is -2.05. The quantitative estimate of drug-likeness (QED) is 0.749. The van der Waals surface area contributed by atoms with Gasteiger partial charge in [-0.1, -0.05) is 60.7 Å². The Morgan fingerprint density at radius 3 is 1.30 bits per heavy atom. The van der Waals surface area contributed by atoms with Crippen molar-refractivity contribution in [1.82, 2.24) is 0 Å². The molecule has 0 spiro atoms. The minimum Gasteiger partial charge on any atom is -0.254 e. The van der Waals surface area contributed by atoms with E-state index in [0.29, 0.717) is 12.8 Å². The molecule has 0 aliphatic heterocycles. The molecule has 0 aliphatic carbocycles. The first-order valence-corrected chi connectivity index (χ1v) is 8.92. The average Bonchev–Trinajstić information content (AvgIpc) is 2.53. The second-order valence-electron chi connectivity index (χ2n) is 4.87. The number of rotatable bonds is 6. The van der Waals surface area contributed by atoms with Gasteiger partial charge in [0, 0.05) is 0 Å². The van der Waals surface area contributed by atoms with E-state index in [1.54, 1.807) is 0 Å². The zero-order valence-corrected chi connectivity index (χ0v) is 13.4. The van der Waals surface area contributed by atoms with E-state index >= 15 is 0 Å². The van der Waals surface area contributed by atoms with Gasteiger partial charge in [0.1, 0.15) is 0 Å². The summed E-state index contributed by atoms with van der Waals surface area (Å²) >= 11 is 0. The van der Waals surface area contributed by atoms with Gasteiger partial charge in [0.25, 0.3) is 0 Å². The maximum Gasteiger partial charge on any atom is 0.762 e. The lowest BCUT2D eigenvalue weighted by molar-refractivity contribution is 0.535. The van der Waals surface area contributed by atoms with Crippen LogP contribution in [0, 0.1) is 0 Å². The zero-order chi connectivity index (χ0) is 17.1. The molecule has 0 atom stereocenters. The van der Waals surface area contributed by atoms with Gasteiger partial charge in [0.05, 0.1) is 11.5 Å². The van der Waals surface area contributed by atoms with Crippen LogP contribution in [0.1, 0.15) is 11.1 Å². The molecule has 2 aromatic carbocycles. The van der Waals surface area contributed by atoms with Crippen molar-refractivity contribution >= 4 is 17.4 Å². The van der Waals surface area contributed by atoms with Crippen molar-refractivity contribution in [2.45, 2.75) is 12.8 Å². The molecule has 0 aliphatic rings. The lowest BCUT2D eigenvalue weighted by atomic mass is 10.2. The Kier molecular flexibility index (Phi) is 8.47. The maximum absolute atomic E-state index is 12.0. The first-order valence-electron chi connectivity index (χ1n) is 7.09. The summed E-state index contributed by atoms with van der Waals surface area (Å²) in [4.78, 5) is 0. The van der Waals surface area contributed by atoms with Gasteiger partial charge < -0.3 is 0 Å². The van der Waals surface area contributed by atoms with Crippen LogP contribution in [0.4, 0.5) is 12.9 Å². The molecular formula is C16H18BF3O2S. The third kappa shape index (κ3) is 9.78. The van der Waals surface area contributed by atoms with Gasteiger partial charge in [-0.3, -0.25) is 12.9 Å².